The predicted molar refractivity (Wildman–Crippen MR) is 68.5 cm³/mol. The zero-order valence-corrected chi connectivity index (χ0v) is 10.7. The molecule has 0 spiro atoms. The van der Waals surface area contributed by atoms with Gasteiger partial charge in [0.25, 0.3) is 5.91 Å². The van der Waals surface area contributed by atoms with Gasteiger partial charge in [0.05, 0.1) is 13.2 Å². The van der Waals surface area contributed by atoms with Crippen LogP contribution in [0.3, 0.4) is 0 Å². The van der Waals surface area contributed by atoms with Crippen LogP contribution in [0.2, 0.25) is 0 Å². The van der Waals surface area contributed by atoms with Crippen molar-refractivity contribution in [1.82, 2.24) is 14.8 Å². The molecule has 5 nitrogen and oxygen atoms in total. The van der Waals surface area contributed by atoms with Gasteiger partial charge in [-0.1, -0.05) is 0 Å². The highest BCUT2D eigenvalue weighted by Gasteiger charge is 2.14. The van der Waals surface area contributed by atoms with E-state index >= 15 is 0 Å². The molecule has 2 heterocycles. The van der Waals surface area contributed by atoms with E-state index in [2.05, 4.69) is 9.88 Å². The molecular formula is C13H19N3O2. The number of rotatable bonds is 4. The third-order valence-corrected chi connectivity index (χ3v) is 3.13. The molecule has 1 aliphatic rings. The van der Waals surface area contributed by atoms with Crippen molar-refractivity contribution >= 4 is 5.91 Å². The number of carbonyl (C=O) groups excluding carboxylic acids is 1. The molecule has 18 heavy (non-hydrogen) atoms. The molecule has 1 saturated heterocycles. The van der Waals surface area contributed by atoms with Crippen LogP contribution in [0.15, 0.2) is 24.5 Å². The van der Waals surface area contributed by atoms with Crippen LogP contribution in [-0.4, -0.2) is 67.1 Å². The smallest absolute Gasteiger partial charge is 0.253 e. The van der Waals surface area contributed by atoms with E-state index in [1.54, 1.807) is 29.4 Å². The fourth-order valence-corrected chi connectivity index (χ4v) is 1.93. The molecule has 1 aliphatic heterocycles. The monoisotopic (exact) mass is 249 g/mol. The van der Waals surface area contributed by atoms with Crippen molar-refractivity contribution in [2.75, 3.05) is 46.4 Å². The lowest BCUT2D eigenvalue weighted by Gasteiger charge is -2.28. The molecular weight excluding hydrogens is 230 g/mol. The summed E-state index contributed by atoms with van der Waals surface area (Å²) in [6, 6.07) is 3.49. The summed E-state index contributed by atoms with van der Waals surface area (Å²) in [5, 5.41) is 0. The summed E-state index contributed by atoms with van der Waals surface area (Å²) < 4.78 is 5.29. The molecule has 1 aromatic heterocycles. The molecule has 0 aliphatic carbocycles. The van der Waals surface area contributed by atoms with Crippen LogP contribution in [0.1, 0.15) is 10.4 Å². The van der Waals surface area contributed by atoms with Crippen LogP contribution >= 0.6 is 0 Å². The van der Waals surface area contributed by atoms with E-state index in [-0.39, 0.29) is 5.91 Å². The zero-order valence-electron chi connectivity index (χ0n) is 10.7. The summed E-state index contributed by atoms with van der Waals surface area (Å²) in [5.41, 5.74) is 0.689. The minimum Gasteiger partial charge on any atom is -0.379 e. The highest BCUT2D eigenvalue weighted by Crippen LogP contribution is 2.02. The van der Waals surface area contributed by atoms with Crippen LogP contribution in [0.4, 0.5) is 0 Å². The van der Waals surface area contributed by atoms with Crippen molar-refractivity contribution in [1.29, 1.82) is 0 Å². The highest BCUT2D eigenvalue weighted by atomic mass is 16.5. The number of amides is 1. The summed E-state index contributed by atoms with van der Waals surface area (Å²) in [5.74, 6) is 0.0469. The van der Waals surface area contributed by atoms with Gasteiger partial charge >= 0.3 is 0 Å². The normalized spacial score (nSPS) is 16.5. The highest BCUT2D eigenvalue weighted by molar-refractivity contribution is 5.93. The lowest BCUT2D eigenvalue weighted by molar-refractivity contribution is 0.0338. The lowest BCUT2D eigenvalue weighted by atomic mass is 10.2. The SMILES string of the molecule is CN(CCN1CCOCC1)C(=O)c1ccncc1. The van der Waals surface area contributed by atoms with Gasteiger partial charge in [-0.05, 0) is 12.1 Å². The van der Waals surface area contributed by atoms with E-state index in [9.17, 15) is 4.79 Å². The molecule has 98 valence electrons. The summed E-state index contributed by atoms with van der Waals surface area (Å²) in [6.45, 7) is 5.14. The first-order valence-corrected chi connectivity index (χ1v) is 6.23. The van der Waals surface area contributed by atoms with Gasteiger partial charge in [0, 0.05) is 51.2 Å². The van der Waals surface area contributed by atoms with Crippen molar-refractivity contribution in [3.8, 4) is 0 Å². The number of hydrogen-bond donors (Lipinski definition) is 0. The summed E-state index contributed by atoms with van der Waals surface area (Å²) in [7, 11) is 1.84. The topological polar surface area (TPSA) is 45.7 Å². The zero-order chi connectivity index (χ0) is 12.8. The van der Waals surface area contributed by atoms with Gasteiger partial charge in [-0.3, -0.25) is 14.7 Å². The number of ether oxygens (including phenoxy) is 1. The van der Waals surface area contributed by atoms with Crippen LogP contribution in [0, 0.1) is 0 Å². The average Bonchev–Trinajstić information content (AvgIpc) is 2.46. The minimum absolute atomic E-state index is 0.0469. The van der Waals surface area contributed by atoms with Crippen molar-refractivity contribution in [3.05, 3.63) is 30.1 Å². The fraction of sp³-hybridized carbons (Fsp3) is 0.538. The molecule has 5 heteroatoms. The third kappa shape index (κ3) is 3.51. The van der Waals surface area contributed by atoms with Gasteiger partial charge in [-0.25, -0.2) is 0 Å². The van der Waals surface area contributed by atoms with Gasteiger partial charge in [0.2, 0.25) is 0 Å². The Hall–Kier alpha value is -1.46. The summed E-state index contributed by atoms with van der Waals surface area (Å²) in [6.07, 6.45) is 3.28. The Morgan fingerprint density at radius 2 is 2.06 bits per heavy atom. The second-order valence-corrected chi connectivity index (χ2v) is 4.42. The quantitative estimate of drug-likeness (QED) is 0.779. The number of pyridine rings is 1. The van der Waals surface area contributed by atoms with Crippen LogP contribution in [0.5, 0.6) is 0 Å². The van der Waals surface area contributed by atoms with Gasteiger partial charge in [0.1, 0.15) is 0 Å². The van der Waals surface area contributed by atoms with E-state index in [0.717, 1.165) is 39.4 Å². The first-order valence-electron chi connectivity index (χ1n) is 6.23. The molecule has 2 rings (SSSR count). The molecule has 0 saturated carbocycles. The molecule has 0 bridgehead atoms. The molecule has 0 unspecified atom stereocenters. The maximum Gasteiger partial charge on any atom is 0.253 e. The Labute approximate surface area is 107 Å². The first kappa shape index (κ1) is 13.0. The van der Waals surface area contributed by atoms with Gasteiger partial charge in [-0.15, -0.1) is 0 Å². The van der Waals surface area contributed by atoms with E-state index in [1.165, 1.54) is 0 Å². The lowest BCUT2D eigenvalue weighted by Crippen LogP contribution is -2.41. The van der Waals surface area contributed by atoms with E-state index in [0.29, 0.717) is 5.56 Å². The van der Waals surface area contributed by atoms with Crippen molar-refractivity contribution < 1.29 is 9.53 Å². The maximum atomic E-state index is 12.1. The second kappa shape index (κ2) is 6.47. The predicted octanol–water partition coefficient (Wildman–Crippen LogP) is 0.486. The minimum atomic E-state index is 0.0469. The third-order valence-electron chi connectivity index (χ3n) is 3.13. The maximum absolute atomic E-state index is 12.1. The Morgan fingerprint density at radius 3 is 2.72 bits per heavy atom. The Kier molecular flexibility index (Phi) is 4.66. The number of carbonyl (C=O) groups is 1. The molecule has 0 aromatic carbocycles. The molecule has 0 radical (unpaired) electrons. The van der Waals surface area contributed by atoms with Crippen LogP contribution in [0.25, 0.3) is 0 Å². The number of hydrogen-bond acceptors (Lipinski definition) is 4. The number of aromatic nitrogens is 1. The molecule has 0 atom stereocenters. The van der Waals surface area contributed by atoms with Gasteiger partial charge < -0.3 is 9.64 Å². The Morgan fingerprint density at radius 1 is 1.39 bits per heavy atom. The van der Waals surface area contributed by atoms with Crippen molar-refractivity contribution in [3.63, 3.8) is 0 Å². The summed E-state index contributed by atoms with van der Waals surface area (Å²) >= 11 is 0. The average molecular weight is 249 g/mol. The van der Waals surface area contributed by atoms with Crippen LogP contribution < -0.4 is 0 Å². The van der Waals surface area contributed by atoms with Gasteiger partial charge in [0.15, 0.2) is 0 Å². The Bertz CT molecular complexity index is 377. The van der Waals surface area contributed by atoms with Crippen LogP contribution in [-0.2, 0) is 4.74 Å². The fourth-order valence-electron chi connectivity index (χ4n) is 1.93. The number of nitrogens with zero attached hydrogens (tertiary/aromatic N) is 3. The Balaban J connectivity index is 1.80. The second-order valence-electron chi connectivity index (χ2n) is 4.42. The largest absolute Gasteiger partial charge is 0.379 e. The van der Waals surface area contributed by atoms with Crippen molar-refractivity contribution in [2.45, 2.75) is 0 Å². The molecule has 1 aromatic rings. The number of likely N-dealkylation sites (N-methyl/N-ethyl adjacent to an activating group) is 1. The molecule has 0 N–H and O–H groups in total. The van der Waals surface area contributed by atoms with Gasteiger partial charge in [-0.2, -0.15) is 0 Å². The van der Waals surface area contributed by atoms with E-state index < -0.39 is 0 Å². The van der Waals surface area contributed by atoms with E-state index in [1.807, 2.05) is 7.05 Å². The van der Waals surface area contributed by atoms with Crippen molar-refractivity contribution in [2.24, 2.45) is 0 Å². The standard InChI is InChI=1S/C13H19N3O2/c1-15(6-7-16-8-10-18-11-9-16)13(17)12-2-4-14-5-3-12/h2-5H,6-11H2,1H3. The van der Waals surface area contributed by atoms with E-state index in [4.69, 9.17) is 4.74 Å². The molecule has 1 amide bonds. The number of morpholine rings is 1. The molecule has 1 fully saturated rings. The first-order chi connectivity index (χ1) is 8.77. The summed E-state index contributed by atoms with van der Waals surface area (Å²) in [4.78, 5) is 20.1.